The maximum absolute atomic E-state index is 13.4. The van der Waals surface area contributed by atoms with Gasteiger partial charge in [-0.3, -0.25) is 4.79 Å². The third-order valence-corrected chi connectivity index (χ3v) is 11.8. The van der Waals surface area contributed by atoms with E-state index in [1.165, 1.54) is 52.3 Å². The molecule has 184 valence electrons. The van der Waals surface area contributed by atoms with E-state index in [4.69, 9.17) is 4.74 Å². The molecule has 3 aromatic carbocycles. The molecule has 0 aliphatic heterocycles. The third kappa shape index (κ3) is 3.33. The highest BCUT2D eigenvalue weighted by molar-refractivity contribution is 7.50. The van der Waals surface area contributed by atoms with Crippen LogP contribution < -0.4 is 0 Å². The zero-order valence-corrected chi connectivity index (χ0v) is 21.8. The second-order valence-corrected chi connectivity index (χ2v) is 13.6. The van der Waals surface area contributed by atoms with Crippen molar-refractivity contribution < 1.29 is 14.6 Å². The van der Waals surface area contributed by atoms with E-state index in [1.54, 1.807) is 0 Å². The summed E-state index contributed by atoms with van der Waals surface area (Å²) in [4.78, 5) is 14.5. The van der Waals surface area contributed by atoms with Crippen LogP contribution in [0.2, 0.25) is 0 Å². The second-order valence-electron chi connectivity index (χ2n) is 11.7. The van der Waals surface area contributed by atoms with Crippen LogP contribution in [0.1, 0.15) is 50.2 Å². The first-order valence-electron chi connectivity index (χ1n) is 13.4. The minimum absolute atomic E-state index is 0.114. The Morgan fingerprint density at radius 2 is 1.47 bits per heavy atom. The average molecular weight is 498 g/mol. The maximum atomic E-state index is 13.4. The number of fused-ring (bicyclic) bond motifs is 3. The normalized spacial score (nSPS) is 28.7. The monoisotopic (exact) mass is 497 g/mol. The number of benzene rings is 3. The third-order valence-electron chi connectivity index (χ3n) is 9.52. The summed E-state index contributed by atoms with van der Waals surface area (Å²) < 4.78 is 8.95. The summed E-state index contributed by atoms with van der Waals surface area (Å²) in [6, 6.07) is 21.3. The quantitative estimate of drug-likeness (QED) is 0.229. The van der Waals surface area contributed by atoms with Crippen molar-refractivity contribution in [3.8, 4) is 10.6 Å². The van der Waals surface area contributed by atoms with E-state index in [9.17, 15) is 9.90 Å². The molecule has 0 saturated heterocycles. The van der Waals surface area contributed by atoms with Gasteiger partial charge in [-0.05, 0) is 99.5 Å². The molecule has 36 heavy (non-hydrogen) atoms. The highest BCUT2D eigenvalue weighted by Gasteiger charge is 2.57. The van der Waals surface area contributed by atoms with Gasteiger partial charge in [-0.1, -0.05) is 24.3 Å². The van der Waals surface area contributed by atoms with Crippen molar-refractivity contribution in [2.45, 2.75) is 58.0 Å². The topological polar surface area (TPSA) is 46.5 Å². The Hall–Kier alpha value is -2.85. The molecule has 1 heterocycles. The van der Waals surface area contributed by atoms with Crippen molar-refractivity contribution in [2.75, 3.05) is 0 Å². The first-order valence-corrected chi connectivity index (χ1v) is 14.6. The molecule has 4 aromatic rings. The van der Waals surface area contributed by atoms with Gasteiger partial charge in [0.25, 0.3) is 0 Å². The number of carbonyl (C=O) groups excluding carboxylic acids is 1. The summed E-state index contributed by atoms with van der Waals surface area (Å²) >= 11 is 0. The fraction of sp³-hybridized carbons (Fsp3) is 0.406. The number of thiophene rings is 1. The lowest BCUT2D eigenvalue weighted by Gasteiger charge is -2.59. The molecule has 0 spiro atoms. The van der Waals surface area contributed by atoms with Crippen molar-refractivity contribution in [1.82, 2.24) is 0 Å². The van der Waals surface area contributed by atoms with Gasteiger partial charge >= 0.3 is 5.97 Å². The van der Waals surface area contributed by atoms with E-state index in [2.05, 4.69) is 61.5 Å². The van der Waals surface area contributed by atoms with E-state index in [0.29, 0.717) is 17.4 Å². The molecule has 4 fully saturated rings. The molecule has 4 heteroatoms. The number of ether oxygens (including phenoxy) is 1. The molecule has 4 aliphatic rings. The van der Waals surface area contributed by atoms with Crippen molar-refractivity contribution in [2.24, 2.45) is 23.7 Å². The van der Waals surface area contributed by atoms with Gasteiger partial charge in [0, 0.05) is 38.9 Å². The Bertz CT molecular complexity index is 1430. The maximum Gasteiger partial charge on any atom is 0.310 e. The van der Waals surface area contributed by atoms with Gasteiger partial charge in [0.05, 0.1) is 6.42 Å². The number of rotatable bonds is 4. The van der Waals surface area contributed by atoms with E-state index < -0.39 is 0 Å². The lowest BCUT2D eigenvalue weighted by atomic mass is 9.50. The zero-order valence-electron chi connectivity index (χ0n) is 21.0. The smallest absolute Gasteiger partial charge is 0.310 e. The molecule has 0 radical (unpaired) electrons. The van der Waals surface area contributed by atoms with Crippen LogP contribution in [0.5, 0.6) is 5.75 Å². The minimum atomic E-state index is -0.349. The number of hydrogen-bond donors (Lipinski definition) is 1. The number of hydrogen-bond acceptors (Lipinski definition) is 3. The summed E-state index contributed by atoms with van der Waals surface area (Å²) in [5.74, 6) is 2.67. The largest absolute Gasteiger partial charge is 0.507 e. The number of phenols is 1. The highest BCUT2D eigenvalue weighted by Crippen LogP contribution is 2.59. The van der Waals surface area contributed by atoms with Gasteiger partial charge in [0.15, 0.2) is 14.3 Å². The Balaban J connectivity index is 1.24. The van der Waals surface area contributed by atoms with E-state index in [0.717, 1.165) is 22.3 Å². The van der Waals surface area contributed by atoms with Gasteiger partial charge in [-0.25, -0.2) is 0 Å². The van der Waals surface area contributed by atoms with Crippen LogP contribution in [0, 0.1) is 30.6 Å². The second kappa shape index (κ2) is 8.08. The lowest BCUT2D eigenvalue weighted by Crippen LogP contribution is -2.58. The van der Waals surface area contributed by atoms with E-state index in [-0.39, 0.29) is 34.2 Å². The molecule has 1 N–H and O–H groups in total. The van der Waals surface area contributed by atoms with Crippen molar-refractivity contribution in [3.05, 3.63) is 71.8 Å². The van der Waals surface area contributed by atoms with Crippen LogP contribution in [-0.2, 0) is 16.0 Å². The van der Waals surface area contributed by atoms with Gasteiger partial charge in [0.2, 0.25) is 0 Å². The number of aryl methyl sites for hydroxylation is 1. The first kappa shape index (κ1) is 22.4. The summed E-state index contributed by atoms with van der Waals surface area (Å²) in [5.41, 5.74) is 1.14. The van der Waals surface area contributed by atoms with Crippen LogP contribution in [-0.4, -0.2) is 16.7 Å². The predicted molar refractivity (Wildman–Crippen MR) is 147 cm³/mol. The van der Waals surface area contributed by atoms with Crippen LogP contribution >= 0.6 is 10.5 Å². The molecule has 8 rings (SSSR count). The SMILES string of the molecule is Cc1cc(-[s+]2c3ccccc3c3ccccc32)cc(CC(=O)OC2(C)C3CC4CC(C3)CC2C4)c1O. The standard InChI is InChI=1S/C32H32O3S/c1-19-11-25(36-28-9-5-3-7-26(28)27-8-4-6-10-29(27)36)17-22(31(19)34)18-30(33)35-32(2)23-13-20-12-21(15-23)16-24(32)14-20/h3-11,17,20-21,23-24H,12-16,18H2,1-2H3/p+1. The summed E-state index contributed by atoms with van der Waals surface area (Å²) in [7, 11) is -0.265. The highest BCUT2D eigenvalue weighted by atomic mass is 32.2. The number of aromatic hydroxyl groups is 1. The minimum Gasteiger partial charge on any atom is -0.507 e. The molecule has 3 nitrogen and oxygen atoms in total. The predicted octanol–water partition coefficient (Wildman–Crippen LogP) is 8.05. The van der Waals surface area contributed by atoms with Gasteiger partial charge < -0.3 is 9.84 Å². The molecule has 0 atom stereocenters. The Labute approximate surface area is 215 Å². The number of carbonyl (C=O) groups is 1. The molecule has 4 aliphatic carbocycles. The average Bonchev–Trinajstić information content (AvgIpc) is 3.19. The molecule has 1 aromatic heterocycles. The fourth-order valence-electron chi connectivity index (χ4n) is 7.90. The summed E-state index contributed by atoms with van der Waals surface area (Å²) in [6.45, 7) is 4.12. The van der Waals surface area contributed by atoms with Crippen LogP contribution in [0.15, 0.2) is 60.7 Å². The summed E-state index contributed by atoms with van der Waals surface area (Å²) in [6.07, 6.45) is 6.32. The lowest BCUT2D eigenvalue weighted by molar-refractivity contribution is -0.202. The fourth-order valence-corrected chi connectivity index (χ4v) is 10.4. The molecular weight excluding hydrogens is 464 g/mol. The first-order chi connectivity index (χ1) is 17.4. The molecule has 4 saturated carbocycles. The Morgan fingerprint density at radius 1 is 0.917 bits per heavy atom. The number of phenolic OH excluding ortho intramolecular Hbond substituents is 1. The van der Waals surface area contributed by atoms with Gasteiger partial charge in [-0.2, -0.15) is 0 Å². The molecule has 0 amide bonds. The van der Waals surface area contributed by atoms with Gasteiger partial charge in [0.1, 0.15) is 11.4 Å². The van der Waals surface area contributed by atoms with Crippen molar-refractivity contribution in [3.63, 3.8) is 0 Å². The van der Waals surface area contributed by atoms with E-state index in [1.807, 2.05) is 13.0 Å². The van der Waals surface area contributed by atoms with Crippen LogP contribution in [0.25, 0.3) is 25.1 Å². The molecule has 4 bridgehead atoms. The van der Waals surface area contributed by atoms with Crippen LogP contribution in [0.4, 0.5) is 0 Å². The molecular formula is C32H33O3S+. The molecule has 0 unspecified atom stereocenters. The number of esters is 1. The summed E-state index contributed by atoms with van der Waals surface area (Å²) in [5, 5.41) is 13.5. The zero-order chi connectivity index (χ0) is 24.6. The van der Waals surface area contributed by atoms with Gasteiger partial charge in [-0.15, -0.1) is 0 Å². The Kier molecular flexibility index (Phi) is 5.02. The van der Waals surface area contributed by atoms with E-state index >= 15 is 0 Å². The van der Waals surface area contributed by atoms with Crippen LogP contribution in [0.3, 0.4) is 0 Å². The van der Waals surface area contributed by atoms with Crippen molar-refractivity contribution in [1.29, 1.82) is 0 Å². The Morgan fingerprint density at radius 3 is 2.06 bits per heavy atom. The van der Waals surface area contributed by atoms with Crippen molar-refractivity contribution >= 4 is 36.6 Å².